The van der Waals surface area contributed by atoms with Crippen LogP contribution in [0.3, 0.4) is 0 Å². The summed E-state index contributed by atoms with van der Waals surface area (Å²) < 4.78 is 12.8. The first kappa shape index (κ1) is 17.2. The number of hydrogen-bond donors (Lipinski definition) is 2. The van der Waals surface area contributed by atoms with Gasteiger partial charge >= 0.3 is 0 Å². The van der Waals surface area contributed by atoms with Crippen molar-refractivity contribution in [1.82, 2.24) is 10.6 Å². The SMILES string of the molecule is O=C(CNC(=O)c1ccc(F)cc1)NCc1ccc(Cl)cc1Cl. The van der Waals surface area contributed by atoms with Crippen molar-refractivity contribution in [3.05, 3.63) is 69.5 Å². The minimum atomic E-state index is -0.454. The van der Waals surface area contributed by atoms with Crippen LogP contribution in [0.25, 0.3) is 0 Å². The van der Waals surface area contributed by atoms with Gasteiger partial charge in [0, 0.05) is 22.2 Å². The summed E-state index contributed by atoms with van der Waals surface area (Å²) in [5.41, 5.74) is 0.995. The number of carbonyl (C=O) groups is 2. The number of rotatable bonds is 5. The van der Waals surface area contributed by atoms with Crippen LogP contribution in [0.15, 0.2) is 42.5 Å². The Morgan fingerprint density at radius 3 is 2.35 bits per heavy atom. The predicted molar refractivity (Wildman–Crippen MR) is 87.0 cm³/mol. The van der Waals surface area contributed by atoms with Crippen molar-refractivity contribution in [3.8, 4) is 0 Å². The first-order valence-corrected chi connectivity index (χ1v) is 7.45. The van der Waals surface area contributed by atoms with Gasteiger partial charge in [0.1, 0.15) is 5.82 Å². The fourth-order valence-corrected chi connectivity index (χ4v) is 2.26. The molecule has 0 bridgehead atoms. The topological polar surface area (TPSA) is 58.2 Å². The molecule has 23 heavy (non-hydrogen) atoms. The van der Waals surface area contributed by atoms with Crippen molar-refractivity contribution >= 4 is 35.0 Å². The number of nitrogens with one attached hydrogen (secondary N) is 2. The van der Waals surface area contributed by atoms with Crippen molar-refractivity contribution in [2.24, 2.45) is 0 Å². The molecular weight excluding hydrogens is 342 g/mol. The van der Waals surface area contributed by atoms with Gasteiger partial charge in [-0.2, -0.15) is 0 Å². The van der Waals surface area contributed by atoms with E-state index in [9.17, 15) is 14.0 Å². The number of amides is 2. The maximum Gasteiger partial charge on any atom is 0.251 e. The van der Waals surface area contributed by atoms with E-state index in [1.807, 2.05) is 0 Å². The van der Waals surface area contributed by atoms with Gasteiger partial charge < -0.3 is 10.6 Å². The van der Waals surface area contributed by atoms with Crippen LogP contribution >= 0.6 is 23.2 Å². The number of halogens is 3. The summed E-state index contributed by atoms with van der Waals surface area (Å²) in [5.74, 6) is -1.25. The Bertz CT molecular complexity index is 721. The molecule has 2 rings (SSSR count). The molecule has 2 N–H and O–H groups in total. The average Bonchev–Trinajstić information content (AvgIpc) is 2.52. The largest absolute Gasteiger partial charge is 0.350 e. The summed E-state index contributed by atoms with van der Waals surface area (Å²) in [6.07, 6.45) is 0. The third-order valence-corrected chi connectivity index (χ3v) is 3.59. The minimum Gasteiger partial charge on any atom is -0.350 e. The van der Waals surface area contributed by atoms with E-state index >= 15 is 0 Å². The molecule has 0 radical (unpaired) electrons. The average molecular weight is 355 g/mol. The van der Waals surface area contributed by atoms with E-state index in [0.717, 1.165) is 0 Å². The molecule has 0 atom stereocenters. The van der Waals surface area contributed by atoms with Crippen molar-refractivity contribution in [2.75, 3.05) is 6.54 Å². The second kappa shape index (κ2) is 7.94. The molecule has 0 aliphatic carbocycles. The molecule has 0 aliphatic rings. The molecule has 0 aliphatic heterocycles. The van der Waals surface area contributed by atoms with E-state index in [-0.39, 0.29) is 24.6 Å². The van der Waals surface area contributed by atoms with E-state index in [1.165, 1.54) is 24.3 Å². The first-order chi connectivity index (χ1) is 11.0. The standard InChI is InChI=1S/C16H13Cl2FN2O2/c17-12-4-1-11(14(18)7-12)8-20-15(22)9-21-16(23)10-2-5-13(19)6-3-10/h1-7H,8-9H2,(H,20,22)(H,21,23). The Balaban J connectivity index is 1.81. The maximum absolute atomic E-state index is 12.8. The highest BCUT2D eigenvalue weighted by molar-refractivity contribution is 6.35. The van der Waals surface area contributed by atoms with E-state index < -0.39 is 11.7 Å². The van der Waals surface area contributed by atoms with Crippen LogP contribution in [-0.4, -0.2) is 18.4 Å². The highest BCUT2D eigenvalue weighted by Crippen LogP contribution is 2.20. The van der Waals surface area contributed by atoms with Gasteiger partial charge in [-0.15, -0.1) is 0 Å². The molecule has 0 aromatic heterocycles. The molecule has 0 saturated carbocycles. The van der Waals surface area contributed by atoms with Gasteiger partial charge in [-0.05, 0) is 42.0 Å². The fraction of sp³-hybridized carbons (Fsp3) is 0.125. The molecule has 0 heterocycles. The van der Waals surface area contributed by atoms with Crippen molar-refractivity contribution in [3.63, 3.8) is 0 Å². The van der Waals surface area contributed by atoms with Crippen LogP contribution in [0.2, 0.25) is 10.0 Å². The van der Waals surface area contributed by atoms with Crippen LogP contribution in [0.5, 0.6) is 0 Å². The van der Waals surface area contributed by atoms with E-state index in [4.69, 9.17) is 23.2 Å². The summed E-state index contributed by atoms with van der Waals surface area (Å²) in [4.78, 5) is 23.5. The number of hydrogen-bond acceptors (Lipinski definition) is 2. The van der Waals surface area contributed by atoms with Gasteiger partial charge in [-0.3, -0.25) is 9.59 Å². The smallest absolute Gasteiger partial charge is 0.251 e. The first-order valence-electron chi connectivity index (χ1n) is 6.70. The van der Waals surface area contributed by atoms with Crippen molar-refractivity contribution < 1.29 is 14.0 Å². The Kier molecular flexibility index (Phi) is 5.96. The zero-order valence-corrected chi connectivity index (χ0v) is 13.4. The van der Waals surface area contributed by atoms with E-state index in [0.29, 0.717) is 15.6 Å². The van der Waals surface area contributed by atoms with Crippen LogP contribution in [0.1, 0.15) is 15.9 Å². The Hall–Kier alpha value is -2.11. The normalized spacial score (nSPS) is 10.2. The van der Waals surface area contributed by atoms with Gasteiger partial charge in [0.25, 0.3) is 5.91 Å². The zero-order valence-electron chi connectivity index (χ0n) is 11.9. The lowest BCUT2D eigenvalue weighted by Crippen LogP contribution is -2.36. The predicted octanol–water partition coefficient (Wildman–Crippen LogP) is 3.18. The Labute approximate surface area is 142 Å². The quantitative estimate of drug-likeness (QED) is 0.866. The Morgan fingerprint density at radius 2 is 1.70 bits per heavy atom. The van der Waals surface area contributed by atoms with Crippen molar-refractivity contribution in [2.45, 2.75) is 6.54 Å². The molecule has 0 fully saturated rings. The van der Waals surface area contributed by atoms with Gasteiger partial charge in [0.2, 0.25) is 5.91 Å². The highest BCUT2D eigenvalue weighted by atomic mass is 35.5. The monoisotopic (exact) mass is 354 g/mol. The van der Waals surface area contributed by atoms with Gasteiger partial charge in [0.15, 0.2) is 0 Å². The number of carbonyl (C=O) groups excluding carboxylic acids is 2. The van der Waals surface area contributed by atoms with Crippen LogP contribution in [0.4, 0.5) is 4.39 Å². The van der Waals surface area contributed by atoms with E-state index in [2.05, 4.69) is 10.6 Å². The fourth-order valence-electron chi connectivity index (χ4n) is 1.79. The molecule has 4 nitrogen and oxygen atoms in total. The van der Waals surface area contributed by atoms with Crippen molar-refractivity contribution in [1.29, 1.82) is 0 Å². The summed E-state index contributed by atoms with van der Waals surface area (Å²) in [7, 11) is 0. The third kappa shape index (κ3) is 5.23. The summed E-state index contributed by atoms with van der Waals surface area (Å²) in [6, 6.07) is 10.0. The van der Waals surface area contributed by atoms with Gasteiger partial charge in [-0.25, -0.2) is 4.39 Å². The highest BCUT2D eigenvalue weighted by Gasteiger charge is 2.09. The zero-order chi connectivity index (χ0) is 16.8. The molecule has 2 aromatic carbocycles. The lowest BCUT2D eigenvalue weighted by Gasteiger charge is -2.08. The van der Waals surface area contributed by atoms with Crippen LogP contribution in [-0.2, 0) is 11.3 Å². The summed E-state index contributed by atoms with van der Waals surface area (Å²) >= 11 is 11.8. The molecule has 120 valence electrons. The molecular formula is C16H13Cl2FN2O2. The molecule has 7 heteroatoms. The lowest BCUT2D eigenvalue weighted by atomic mass is 10.2. The maximum atomic E-state index is 12.8. The molecule has 2 amide bonds. The third-order valence-electron chi connectivity index (χ3n) is 3.01. The van der Waals surface area contributed by atoms with Crippen LogP contribution in [0, 0.1) is 5.82 Å². The second-order valence-electron chi connectivity index (χ2n) is 4.70. The van der Waals surface area contributed by atoms with E-state index in [1.54, 1.807) is 18.2 Å². The lowest BCUT2D eigenvalue weighted by molar-refractivity contribution is -0.120. The molecule has 2 aromatic rings. The summed E-state index contributed by atoms with van der Waals surface area (Å²) in [6.45, 7) is 0.0304. The Morgan fingerprint density at radius 1 is 1.00 bits per heavy atom. The minimum absolute atomic E-state index is 0.193. The second-order valence-corrected chi connectivity index (χ2v) is 5.55. The summed E-state index contributed by atoms with van der Waals surface area (Å²) in [5, 5.41) is 6.05. The van der Waals surface area contributed by atoms with Gasteiger partial charge in [-0.1, -0.05) is 29.3 Å². The van der Waals surface area contributed by atoms with Gasteiger partial charge in [0.05, 0.1) is 6.54 Å². The molecule has 0 spiro atoms. The van der Waals surface area contributed by atoms with Crippen LogP contribution < -0.4 is 10.6 Å². The molecule has 0 unspecified atom stereocenters. The molecule has 0 saturated heterocycles. The number of benzene rings is 2.